The zero-order valence-electron chi connectivity index (χ0n) is 11.8. The van der Waals surface area contributed by atoms with Crippen LogP contribution in [0.25, 0.3) is 0 Å². The Morgan fingerprint density at radius 2 is 2.15 bits per heavy atom. The van der Waals surface area contributed by atoms with E-state index in [1.54, 1.807) is 21.1 Å². The molecule has 0 aliphatic rings. The first-order chi connectivity index (χ1) is 9.60. The number of ether oxygens (including phenoxy) is 3. The average Bonchev–Trinajstić information content (AvgIpc) is 2.77. The SMILES string of the molecule is CCOC(=O)c1cnn(C)c1NC(=O)COCCOC. The van der Waals surface area contributed by atoms with Gasteiger partial charge in [0.15, 0.2) is 0 Å². The van der Waals surface area contributed by atoms with Gasteiger partial charge in [0.05, 0.1) is 26.0 Å². The summed E-state index contributed by atoms with van der Waals surface area (Å²) in [5, 5.41) is 6.49. The summed E-state index contributed by atoms with van der Waals surface area (Å²) < 4.78 is 16.2. The lowest BCUT2D eigenvalue weighted by Crippen LogP contribution is -2.22. The highest BCUT2D eigenvalue weighted by Crippen LogP contribution is 2.15. The molecule has 1 amide bonds. The molecular formula is C12H19N3O5. The first kappa shape index (κ1) is 16.1. The van der Waals surface area contributed by atoms with Gasteiger partial charge in [-0.05, 0) is 6.92 Å². The number of hydrogen-bond donors (Lipinski definition) is 1. The highest BCUT2D eigenvalue weighted by atomic mass is 16.5. The van der Waals surface area contributed by atoms with Gasteiger partial charge in [0.1, 0.15) is 18.0 Å². The number of nitrogens with one attached hydrogen (secondary N) is 1. The van der Waals surface area contributed by atoms with Crippen LogP contribution < -0.4 is 5.32 Å². The van der Waals surface area contributed by atoms with Gasteiger partial charge in [-0.15, -0.1) is 0 Å². The Morgan fingerprint density at radius 3 is 2.80 bits per heavy atom. The van der Waals surface area contributed by atoms with Crippen molar-refractivity contribution in [2.45, 2.75) is 6.92 Å². The second kappa shape index (κ2) is 8.28. The maximum Gasteiger partial charge on any atom is 0.343 e. The van der Waals surface area contributed by atoms with E-state index in [9.17, 15) is 9.59 Å². The van der Waals surface area contributed by atoms with Crippen molar-refractivity contribution < 1.29 is 23.8 Å². The third kappa shape index (κ3) is 4.63. The lowest BCUT2D eigenvalue weighted by Gasteiger charge is -2.08. The van der Waals surface area contributed by atoms with Crippen LogP contribution in [0.5, 0.6) is 0 Å². The van der Waals surface area contributed by atoms with Crippen molar-refractivity contribution in [1.29, 1.82) is 0 Å². The second-order valence-electron chi connectivity index (χ2n) is 3.84. The van der Waals surface area contributed by atoms with E-state index in [2.05, 4.69) is 10.4 Å². The molecule has 0 saturated carbocycles. The summed E-state index contributed by atoms with van der Waals surface area (Å²) in [6.07, 6.45) is 1.35. The molecule has 112 valence electrons. The summed E-state index contributed by atoms with van der Waals surface area (Å²) in [5.41, 5.74) is 0.208. The number of amides is 1. The van der Waals surface area contributed by atoms with Crippen molar-refractivity contribution in [3.63, 3.8) is 0 Å². The number of methoxy groups -OCH3 is 1. The van der Waals surface area contributed by atoms with E-state index in [-0.39, 0.29) is 30.5 Å². The maximum absolute atomic E-state index is 11.7. The summed E-state index contributed by atoms with van der Waals surface area (Å²) in [7, 11) is 3.16. The number of anilines is 1. The lowest BCUT2D eigenvalue weighted by atomic mass is 10.3. The van der Waals surface area contributed by atoms with Crippen LogP contribution in [0.15, 0.2) is 6.20 Å². The molecule has 0 saturated heterocycles. The van der Waals surface area contributed by atoms with Gasteiger partial charge in [-0.2, -0.15) is 5.10 Å². The molecule has 0 aromatic carbocycles. The van der Waals surface area contributed by atoms with Crippen molar-refractivity contribution in [3.8, 4) is 0 Å². The van der Waals surface area contributed by atoms with Gasteiger partial charge in [0, 0.05) is 14.2 Å². The first-order valence-electron chi connectivity index (χ1n) is 6.15. The monoisotopic (exact) mass is 285 g/mol. The Balaban J connectivity index is 2.60. The molecular weight excluding hydrogens is 266 g/mol. The van der Waals surface area contributed by atoms with Crippen LogP contribution in [-0.2, 0) is 26.1 Å². The van der Waals surface area contributed by atoms with E-state index in [4.69, 9.17) is 14.2 Å². The van der Waals surface area contributed by atoms with E-state index in [1.165, 1.54) is 10.9 Å². The summed E-state index contributed by atoms with van der Waals surface area (Å²) in [4.78, 5) is 23.4. The summed E-state index contributed by atoms with van der Waals surface area (Å²) >= 11 is 0. The maximum atomic E-state index is 11.7. The van der Waals surface area contributed by atoms with Gasteiger partial charge in [0.2, 0.25) is 0 Å². The highest BCUT2D eigenvalue weighted by molar-refractivity contribution is 6.00. The molecule has 0 aliphatic heterocycles. The predicted molar refractivity (Wildman–Crippen MR) is 70.5 cm³/mol. The number of carbonyl (C=O) groups is 2. The number of nitrogens with zero attached hydrogens (tertiary/aromatic N) is 2. The molecule has 0 radical (unpaired) electrons. The third-order valence-corrected chi connectivity index (χ3v) is 2.36. The number of aryl methyl sites for hydroxylation is 1. The molecule has 0 aliphatic carbocycles. The minimum atomic E-state index is -0.531. The van der Waals surface area contributed by atoms with Crippen LogP contribution in [0.2, 0.25) is 0 Å². The third-order valence-electron chi connectivity index (χ3n) is 2.36. The van der Waals surface area contributed by atoms with Crippen LogP contribution in [-0.4, -0.2) is 55.2 Å². The first-order valence-corrected chi connectivity index (χ1v) is 6.15. The van der Waals surface area contributed by atoms with Gasteiger partial charge >= 0.3 is 5.97 Å². The van der Waals surface area contributed by atoms with Crippen molar-refractivity contribution in [3.05, 3.63) is 11.8 Å². The van der Waals surface area contributed by atoms with Gasteiger partial charge in [-0.3, -0.25) is 9.48 Å². The number of esters is 1. The zero-order chi connectivity index (χ0) is 15.0. The van der Waals surface area contributed by atoms with Gasteiger partial charge in [-0.1, -0.05) is 0 Å². The molecule has 8 heteroatoms. The van der Waals surface area contributed by atoms with Crippen LogP contribution in [0.3, 0.4) is 0 Å². The Hall–Kier alpha value is -1.93. The molecule has 0 fully saturated rings. The number of carbonyl (C=O) groups excluding carboxylic acids is 2. The van der Waals surface area contributed by atoms with Crippen LogP contribution in [0.4, 0.5) is 5.82 Å². The standard InChI is InChI=1S/C12H19N3O5/c1-4-20-12(17)9-7-13-15(2)11(9)14-10(16)8-19-6-5-18-3/h7H,4-6,8H2,1-3H3,(H,14,16). The summed E-state index contributed by atoms with van der Waals surface area (Å²) in [5.74, 6) is -0.629. The molecule has 20 heavy (non-hydrogen) atoms. The zero-order valence-corrected chi connectivity index (χ0v) is 11.8. The fraction of sp³-hybridized carbons (Fsp3) is 0.583. The Labute approximate surface area is 117 Å². The fourth-order valence-corrected chi connectivity index (χ4v) is 1.42. The molecule has 1 N–H and O–H groups in total. The summed E-state index contributed by atoms with van der Waals surface area (Å²) in [6.45, 7) is 2.56. The Kier molecular flexibility index (Phi) is 6.68. The lowest BCUT2D eigenvalue weighted by molar-refractivity contribution is -0.121. The van der Waals surface area contributed by atoms with Crippen molar-refractivity contribution in [2.75, 3.05) is 38.9 Å². The van der Waals surface area contributed by atoms with Gasteiger partial charge in [-0.25, -0.2) is 4.79 Å². The van der Waals surface area contributed by atoms with Crippen LogP contribution >= 0.6 is 0 Å². The van der Waals surface area contributed by atoms with E-state index in [0.717, 1.165) is 0 Å². The smallest absolute Gasteiger partial charge is 0.343 e. The van der Waals surface area contributed by atoms with E-state index >= 15 is 0 Å². The quantitative estimate of drug-likeness (QED) is 0.542. The predicted octanol–water partition coefficient (Wildman–Crippen LogP) is 0.198. The molecule has 8 nitrogen and oxygen atoms in total. The fourth-order valence-electron chi connectivity index (χ4n) is 1.42. The molecule has 1 heterocycles. The van der Waals surface area contributed by atoms with Crippen molar-refractivity contribution >= 4 is 17.7 Å². The molecule has 1 aromatic heterocycles. The van der Waals surface area contributed by atoms with E-state index in [1.807, 2.05) is 0 Å². The van der Waals surface area contributed by atoms with E-state index in [0.29, 0.717) is 13.2 Å². The molecule has 1 aromatic rings. The topological polar surface area (TPSA) is 91.7 Å². The molecule has 0 atom stereocenters. The number of aromatic nitrogens is 2. The van der Waals surface area contributed by atoms with Crippen molar-refractivity contribution in [1.82, 2.24) is 9.78 Å². The van der Waals surface area contributed by atoms with E-state index < -0.39 is 5.97 Å². The molecule has 0 bridgehead atoms. The minimum Gasteiger partial charge on any atom is -0.462 e. The Morgan fingerprint density at radius 1 is 1.40 bits per heavy atom. The van der Waals surface area contributed by atoms with Crippen molar-refractivity contribution in [2.24, 2.45) is 7.05 Å². The summed E-state index contributed by atoms with van der Waals surface area (Å²) in [6, 6.07) is 0. The Bertz CT molecular complexity index is 458. The van der Waals surface area contributed by atoms with Crippen LogP contribution in [0.1, 0.15) is 17.3 Å². The van der Waals surface area contributed by atoms with Crippen LogP contribution in [0, 0.1) is 0 Å². The highest BCUT2D eigenvalue weighted by Gasteiger charge is 2.19. The number of rotatable bonds is 8. The molecule has 1 rings (SSSR count). The molecule has 0 spiro atoms. The average molecular weight is 285 g/mol. The largest absolute Gasteiger partial charge is 0.462 e. The molecule has 0 unspecified atom stereocenters. The normalized spacial score (nSPS) is 10.3. The number of hydrogen-bond acceptors (Lipinski definition) is 6. The minimum absolute atomic E-state index is 0.128. The van der Waals surface area contributed by atoms with Gasteiger partial charge < -0.3 is 19.5 Å². The van der Waals surface area contributed by atoms with Gasteiger partial charge in [0.25, 0.3) is 5.91 Å². The second-order valence-corrected chi connectivity index (χ2v) is 3.84.